The number of carbonyl (C=O) groups is 3. The molecule has 0 saturated carbocycles. The van der Waals surface area contributed by atoms with Crippen molar-refractivity contribution in [2.24, 2.45) is 0 Å². The molecule has 0 rings (SSSR count). The monoisotopic (exact) mass is 997 g/mol. The molecule has 0 fully saturated rings. The van der Waals surface area contributed by atoms with Gasteiger partial charge in [-0.05, 0) is 77.0 Å². The van der Waals surface area contributed by atoms with Crippen LogP contribution in [0, 0.1) is 0 Å². The van der Waals surface area contributed by atoms with Crippen LogP contribution in [0.5, 0.6) is 0 Å². The fourth-order valence-electron chi connectivity index (χ4n) is 9.35. The van der Waals surface area contributed by atoms with E-state index in [0.29, 0.717) is 19.3 Å². The van der Waals surface area contributed by atoms with Crippen LogP contribution in [0.15, 0.2) is 36.5 Å². The second-order valence-electron chi connectivity index (χ2n) is 21.3. The largest absolute Gasteiger partial charge is 0.462 e. The van der Waals surface area contributed by atoms with Gasteiger partial charge in [0.1, 0.15) is 13.2 Å². The number of ether oxygens (including phenoxy) is 3. The summed E-state index contributed by atoms with van der Waals surface area (Å²) in [7, 11) is 0. The van der Waals surface area contributed by atoms with Crippen molar-refractivity contribution in [3.63, 3.8) is 0 Å². The molecule has 416 valence electrons. The third-order valence-corrected chi connectivity index (χ3v) is 14.1. The van der Waals surface area contributed by atoms with E-state index in [1.165, 1.54) is 225 Å². The van der Waals surface area contributed by atoms with Crippen molar-refractivity contribution in [1.82, 2.24) is 0 Å². The van der Waals surface area contributed by atoms with Crippen LogP contribution in [-0.2, 0) is 28.6 Å². The predicted octanol–water partition coefficient (Wildman–Crippen LogP) is 21.2. The van der Waals surface area contributed by atoms with Crippen LogP contribution in [0.2, 0.25) is 0 Å². The van der Waals surface area contributed by atoms with E-state index in [9.17, 15) is 14.4 Å². The highest BCUT2D eigenvalue weighted by molar-refractivity contribution is 5.71. The number of unbranched alkanes of at least 4 members (excludes halogenated alkanes) is 41. The number of esters is 3. The summed E-state index contributed by atoms with van der Waals surface area (Å²) >= 11 is 0. The fraction of sp³-hybridized carbons (Fsp3) is 0.862. The first-order valence-corrected chi connectivity index (χ1v) is 31.5. The Balaban J connectivity index is 4.33. The van der Waals surface area contributed by atoms with Gasteiger partial charge in [-0.1, -0.05) is 282 Å². The van der Waals surface area contributed by atoms with Gasteiger partial charge in [-0.2, -0.15) is 0 Å². The maximum Gasteiger partial charge on any atom is 0.306 e. The Morgan fingerprint density at radius 2 is 0.507 bits per heavy atom. The smallest absolute Gasteiger partial charge is 0.306 e. The predicted molar refractivity (Wildman–Crippen MR) is 307 cm³/mol. The molecule has 0 aliphatic carbocycles. The van der Waals surface area contributed by atoms with Crippen LogP contribution in [0.4, 0.5) is 0 Å². The third-order valence-electron chi connectivity index (χ3n) is 14.1. The van der Waals surface area contributed by atoms with Crippen LogP contribution in [0.1, 0.15) is 342 Å². The van der Waals surface area contributed by atoms with Gasteiger partial charge >= 0.3 is 17.9 Å². The standard InChI is InChI=1S/C65H120O6/c1-4-7-10-13-16-19-22-25-28-30-32-33-35-37-40-43-46-49-52-55-58-64(67)70-61-62(60-69-63(66)57-54-51-48-45-42-39-36-27-24-21-18-15-12-9-6-3)71-65(68)59-56-53-50-47-44-41-38-34-31-29-26-23-20-17-14-11-8-5-2/h20,23,27,29,31,36,62H,4-19,21-22,24-26,28,30,32-35,37-61H2,1-3H3/b23-20-,31-29-,36-27-. The molecule has 0 bridgehead atoms. The van der Waals surface area contributed by atoms with E-state index in [1.54, 1.807) is 0 Å². The molecule has 0 radical (unpaired) electrons. The lowest BCUT2D eigenvalue weighted by Crippen LogP contribution is -2.30. The first kappa shape index (κ1) is 68.6. The average molecular weight is 998 g/mol. The van der Waals surface area contributed by atoms with Gasteiger partial charge in [0.25, 0.3) is 0 Å². The molecule has 1 atom stereocenters. The molecule has 1 unspecified atom stereocenters. The lowest BCUT2D eigenvalue weighted by molar-refractivity contribution is -0.167. The van der Waals surface area contributed by atoms with E-state index >= 15 is 0 Å². The fourth-order valence-corrected chi connectivity index (χ4v) is 9.35. The molecule has 0 aliphatic heterocycles. The van der Waals surface area contributed by atoms with Crippen molar-refractivity contribution in [2.45, 2.75) is 348 Å². The van der Waals surface area contributed by atoms with E-state index in [2.05, 4.69) is 57.2 Å². The number of allylic oxidation sites excluding steroid dienone is 6. The van der Waals surface area contributed by atoms with Gasteiger partial charge in [0.05, 0.1) is 0 Å². The quantitative estimate of drug-likeness (QED) is 0.0261. The summed E-state index contributed by atoms with van der Waals surface area (Å²) in [6, 6.07) is 0. The Morgan fingerprint density at radius 3 is 0.803 bits per heavy atom. The molecule has 0 N–H and O–H groups in total. The molecule has 6 nitrogen and oxygen atoms in total. The number of rotatable bonds is 58. The lowest BCUT2D eigenvalue weighted by atomic mass is 10.0. The summed E-state index contributed by atoms with van der Waals surface area (Å²) in [6.45, 7) is 6.66. The zero-order valence-electron chi connectivity index (χ0n) is 47.8. The molecule has 0 heterocycles. The molecular formula is C65H120O6. The summed E-state index contributed by atoms with van der Waals surface area (Å²) in [4.78, 5) is 38.3. The molecule has 0 aliphatic rings. The molecule has 0 aromatic heterocycles. The second-order valence-corrected chi connectivity index (χ2v) is 21.3. The molecule has 0 aromatic carbocycles. The first-order valence-electron chi connectivity index (χ1n) is 31.5. The molecule has 0 saturated heterocycles. The van der Waals surface area contributed by atoms with Gasteiger partial charge in [0, 0.05) is 19.3 Å². The van der Waals surface area contributed by atoms with Gasteiger partial charge in [0.2, 0.25) is 0 Å². The van der Waals surface area contributed by atoms with Crippen molar-refractivity contribution in [2.75, 3.05) is 13.2 Å². The molecule has 0 aromatic rings. The Labute approximate surface area is 442 Å². The van der Waals surface area contributed by atoms with Gasteiger partial charge < -0.3 is 14.2 Å². The van der Waals surface area contributed by atoms with Crippen molar-refractivity contribution in [3.8, 4) is 0 Å². The minimum atomic E-state index is -0.778. The number of carbonyl (C=O) groups excluding carboxylic acids is 3. The highest BCUT2D eigenvalue weighted by atomic mass is 16.6. The van der Waals surface area contributed by atoms with E-state index in [0.717, 1.165) is 77.0 Å². The normalized spacial score (nSPS) is 12.2. The van der Waals surface area contributed by atoms with Crippen LogP contribution < -0.4 is 0 Å². The zero-order chi connectivity index (χ0) is 51.4. The Hall–Kier alpha value is -2.37. The maximum absolute atomic E-state index is 12.9. The summed E-state index contributed by atoms with van der Waals surface area (Å²) < 4.78 is 16.9. The molecule has 71 heavy (non-hydrogen) atoms. The zero-order valence-corrected chi connectivity index (χ0v) is 47.8. The first-order chi connectivity index (χ1) is 35.0. The van der Waals surface area contributed by atoms with E-state index in [4.69, 9.17) is 14.2 Å². The maximum atomic E-state index is 12.9. The lowest BCUT2D eigenvalue weighted by Gasteiger charge is -2.18. The van der Waals surface area contributed by atoms with Gasteiger partial charge in [-0.3, -0.25) is 14.4 Å². The van der Waals surface area contributed by atoms with Gasteiger partial charge in [-0.25, -0.2) is 0 Å². The van der Waals surface area contributed by atoms with Crippen LogP contribution >= 0.6 is 0 Å². The summed E-state index contributed by atoms with van der Waals surface area (Å²) in [6.07, 6.45) is 72.8. The Morgan fingerprint density at radius 1 is 0.282 bits per heavy atom. The van der Waals surface area contributed by atoms with Crippen molar-refractivity contribution < 1.29 is 28.6 Å². The topological polar surface area (TPSA) is 78.9 Å². The summed E-state index contributed by atoms with van der Waals surface area (Å²) in [5.41, 5.74) is 0. The van der Waals surface area contributed by atoms with Gasteiger partial charge in [-0.15, -0.1) is 0 Å². The number of hydrogen-bond donors (Lipinski definition) is 0. The Kier molecular flexibility index (Phi) is 58.2. The summed E-state index contributed by atoms with van der Waals surface area (Å²) in [5.74, 6) is -0.868. The van der Waals surface area contributed by atoms with Crippen LogP contribution in [-0.4, -0.2) is 37.2 Å². The van der Waals surface area contributed by atoms with Gasteiger partial charge in [0.15, 0.2) is 6.10 Å². The highest BCUT2D eigenvalue weighted by Crippen LogP contribution is 2.17. The SMILES string of the molecule is CCCCCC/C=C\C/C=C\CCCCCCCCCC(=O)OC(COC(=O)CCCCCCC/C=C\CCCCCCCC)COC(=O)CCCCCCCCCCCCCCCCCCCCCC. The Bertz CT molecular complexity index is 1190. The molecule has 0 amide bonds. The van der Waals surface area contributed by atoms with E-state index < -0.39 is 6.10 Å². The average Bonchev–Trinajstić information content (AvgIpc) is 3.37. The molecular weight excluding hydrogens is 877 g/mol. The van der Waals surface area contributed by atoms with E-state index in [-0.39, 0.29) is 31.1 Å². The van der Waals surface area contributed by atoms with E-state index in [1.807, 2.05) is 0 Å². The summed E-state index contributed by atoms with van der Waals surface area (Å²) in [5, 5.41) is 0. The highest BCUT2D eigenvalue weighted by Gasteiger charge is 2.19. The van der Waals surface area contributed by atoms with Crippen molar-refractivity contribution in [3.05, 3.63) is 36.5 Å². The minimum Gasteiger partial charge on any atom is -0.462 e. The molecule has 6 heteroatoms. The molecule has 0 spiro atoms. The van der Waals surface area contributed by atoms with Crippen molar-refractivity contribution in [1.29, 1.82) is 0 Å². The van der Waals surface area contributed by atoms with Crippen LogP contribution in [0.3, 0.4) is 0 Å². The second kappa shape index (κ2) is 60.2. The van der Waals surface area contributed by atoms with Crippen LogP contribution in [0.25, 0.3) is 0 Å². The number of hydrogen-bond acceptors (Lipinski definition) is 6. The minimum absolute atomic E-state index is 0.0739. The third kappa shape index (κ3) is 58.4. The van der Waals surface area contributed by atoms with Crippen molar-refractivity contribution >= 4 is 17.9 Å².